The Morgan fingerprint density at radius 3 is 2.61 bits per heavy atom. The van der Waals surface area contributed by atoms with Crippen LogP contribution in [0.3, 0.4) is 0 Å². The van der Waals surface area contributed by atoms with Gasteiger partial charge in [0.2, 0.25) is 5.82 Å². The Morgan fingerprint density at radius 1 is 1.18 bits per heavy atom. The maximum absolute atomic E-state index is 12.8. The Morgan fingerprint density at radius 2 is 1.93 bits per heavy atom. The van der Waals surface area contributed by atoms with Crippen LogP contribution >= 0.6 is 0 Å². The summed E-state index contributed by atoms with van der Waals surface area (Å²) < 4.78 is 60.7. The molecule has 4 heterocycles. The number of fused-ring (bicyclic) bond motifs is 1. The zero-order chi connectivity index (χ0) is 19.9. The molecule has 28 heavy (non-hydrogen) atoms. The van der Waals surface area contributed by atoms with E-state index in [0.29, 0.717) is 10.5 Å². The fourth-order valence-corrected chi connectivity index (χ4v) is 3.61. The van der Waals surface area contributed by atoms with Gasteiger partial charge in [-0.25, -0.2) is 9.19 Å². The first-order valence-electron chi connectivity index (χ1n) is 7.75. The molecule has 8 nitrogen and oxygen atoms in total. The number of hydrogen-bond acceptors (Lipinski definition) is 7. The Balaban J connectivity index is 1.72. The summed E-state index contributed by atoms with van der Waals surface area (Å²) in [5.41, 5.74) is 0.662. The van der Waals surface area contributed by atoms with E-state index >= 15 is 0 Å². The van der Waals surface area contributed by atoms with Gasteiger partial charge in [0.25, 0.3) is 0 Å². The summed E-state index contributed by atoms with van der Waals surface area (Å²) in [6, 6.07) is 6.20. The first-order chi connectivity index (χ1) is 13.2. The Hall–Kier alpha value is -3.28. The number of imidazole rings is 1. The van der Waals surface area contributed by atoms with E-state index in [9.17, 15) is 17.4 Å². The summed E-state index contributed by atoms with van der Waals surface area (Å²) in [6.07, 6.45) is 2.91. The van der Waals surface area contributed by atoms with Crippen LogP contribution in [-0.4, -0.2) is 35.0 Å². The predicted octanol–water partition coefficient (Wildman–Crippen LogP) is 3.59. The average Bonchev–Trinajstić information content (AvgIpc) is 3.27. The molecule has 12 heteroatoms. The fourth-order valence-electron chi connectivity index (χ4n) is 2.43. The summed E-state index contributed by atoms with van der Waals surface area (Å²) in [4.78, 5) is 12.0. The molecule has 0 fully saturated rings. The fraction of sp³-hybridized carbons (Fsp3) is 0.125. The lowest BCUT2D eigenvalue weighted by Gasteiger charge is -2.01. The third-order valence-electron chi connectivity index (χ3n) is 3.73. The van der Waals surface area contributed by atoms with Gasteiger partial charge < -0.3 is 8.92 Å². The second-order valence-electron chi connectivity index (χ2n) is 5.78. The monoisotopic (exact) mass is 408 g/mol. The Labute approximate surface area is 156 Å². The summed E-state index contributed by atoms with van der Waals surface area (Å²) in [6.45, 7) is 0. The molecule has 4 aromatic rings. The van der Waals surface area contributed by atoms with Crippen LogP contribution < -0.4 is 0 Å². The minimum atomic E-state index is -4.72. The molecule has 1 unspecified atom stereocenters. The highest BCUT2D eigenvalue weighted by atomic mass is 32.2. The van der Waals surface area contributed by atoms with Gasteiger partial charge in [-0.3, -0.25) is 4.98 Å². The summed E-state index contributed by atoms with van der Waals surface area (Å²) >= 11 is 0. The van der Waals surface area contributed by atoms with E-state index < -0.39 is 21.8 Å². The predicted molar refractivity (Wildman–Crippen MR) is 92.1 cm³/mol. The van der Waals surface area contributed by atoms with E-state index in [1.807, 2.05) is 0 Å². The SMILES string of the molecule is CS(=O)(=Nc1cn2ccc(-c3noc(C(F)(F)F)n3)cc2n1)c1ccncc1. The zero-order valence-corrected chi connectivity index (χ0v) is 15.0. The number of alkyl halides is 3. The van der Waals surface area contributed by atoms with Gasteiger partial charge in [0, 0.05) is 30.4 Å². The molecule has 0 aromatic carbocycles. The summed E-state index contributed by atoms with van der Waals surface area (Å²) in [5, 5.41) is 3.35. The third-order valence-corrected chi connectivity index (χ3v) is 5.41. The quantitative estimate of drug-likeness (QED) is 0.514. The number of halogens is 3. The van der Waals surface area contributed by atoms with Gasteiger partial charge in [0.05, 0.1) is 20.8 Å². The number of rotatable bonds is 3. The molecule has 0 saturated carbocycles. The Kier molecular flexibility index (Phi) is 4.14. The topological polar surface area (TPSA) is 98.5 Å². The second-order valence-corrected chi connectivity index (χ2v) is 8.04. The Bertz CT molecular complexity index is 1270. The van der Waals surface area contributed by atoms with Gasteiger partial charge in [-0.05, 0) is 24.3 Å². The van der Waals surface area contributed by atoms with Crippen LogP contribution in [0, 0.1) is 0 Å². The van der Waals surface area contributed by atoms with Crippen molar-refractivity contribution in [3.8, 4) is 11.4 Å². The van der Waals surface area contributed by atoms with Crippen LogP contribution in [0.15, 0.2) is 62.8 Å². The minimum Gasteiger partial charge on any atom is -0.329 e. The van der Waals surface area contributed by atoms with Crippen molar-refractivity contribution in [3.05, 3.63) is 54.9 Å². The van der Waals surface area contributed by atoms with E-state index in [0.717, 1.165) is 0 Å². The molecule has 0 radical (unpaired) electrons. The average molecular weight is 408 g/mol. The van der Waals surface area contributed by atoms with Crippen molar-refractivity contribution in [1.29, 1.82) is 0 Å². The van der Waals surface area contributed by atoms with Gasteiger partial charge >= 0.3 is 12.1 Å². The van der Waals surface area contributed by atoms with Gasteiger partial charge in [-0.2, -0.15) is 22.5 Å². The third kappa shape index (κ3) is 3.45. The normalized spacial score (nSPS) is 14.1. The van der Waals surface area contributed by atoms with Crippen molar-refractivity contribution in [3.63, 3.8) is 0 Å². The van der Waals surface area contributed by atoms with Gasteiger partial charge in [-0.15, -0.1) is 0 Å². The molecule has 0 aliphatic rings. The van der Waals surface area contributed by atoms with E-state index in [2.05, 4.69) is 29.0 Å². The van der Waals surface area contributed by atoms with E-state index in [-0.39, 0.29) is 17.2 Å². The first kappa shape index (κ1) is 18.1. The van der Waals surface area contributed by atoms with E-state index in [1.54, 1.807) is 28.9 Å². The van der Waals surface area contributed by atoms with Gasteiger partial charge in [0.1, 0.15) is 5.65 Å². The number of hydrogen-bond donors (Lipinski definition) is 0. The molecular weight excluding hydrogens is 397 g/mol. The molecule has 0 saturated heterocycles. The highest BCUT2D eigenvalue weighted by molar-refractivity contribution is 7.93. The highest BCUT2D eigenvalue weighted by Crippen LogP contribution is 2.29. The maximum Gasteiger partial charge on any atom is 0.471 e. The standard InChI is InChI=1S/C16H11F3N6O2S/c1-28(26,11-2-5-20-6-3-11)24-12-9-25-7-4-10(8-13(25)21-12)14-22-15(27-23-14)16(17,18)19/h2-9H,1H3. The van der Waals surface area contributed by atoms with Crippen LogP contribution in [-0.2, 0) is 15.9 Å². The molecule has 0 spiro atoms. The van der Waals surface area contributed by atoms with Crippen LogP contribution in [0.5, 0.6) is 0 Å². The molecule has 0 bridgehead atoms. The van der Waals surface area contributed by atoms with Crippen LogP contribution in [0.4, 0.5) is 19.0 Å². The molecule has 1 atom stereocenters. The molecule has 4 rings (SSSR count). The first-order valence-corrected chi connectivity index (χ1v) is 9.67. The van der Waals surface area contributed by atoms with Crippen molar-refractivity contribution >= 4 is 21.2 Å². The van der Waals surface area contributed by atoms with Gasteiger partial charge in [-0.1, -0.05) is 5.16 Å². The van der Waals surface area contributed by atoms with E-state index in [4.69, 9.17) is 0 Å². The van der Waals surface area contributed by atoms with Crippen LogP contribution in [0.25, 0.3) is 17.0 Å². The molecular formula is C16H11F3N6O2S. The highest BCUT2D eigenvalue weighted by Gasteiger charge is 2.38. The van der Waals surface area contributed by atoms with Crippen LogP contribution in [0.2, 0.25) is 0 Å². The van der Waals surface area contributed by atoms with Crippen molar-refractivity contribution in [2.45, 2.75) is 11.1 Å². The van der Waals surface area contributed by atoms with Crippen molar-refractivity contribution in [2.75, 3.05) is 6.26 Å². The number of nitrogens with zero attached hydrogens (tertiary/aromatic N) is 6. The number of pyridine rings is 2. The largest absolute Gasteiger partial charge is 0.471 e. The molecule has 0 aliphatic carbocycles. The lowest BCUT2D eigenvalue weighted by Crippen LogP contribution is -2.04. The molecule has 4 aromatic heterocycles. The van der Waals surface area contributed by atoms with E-state index in [1.165, 1.54) is 30.8 Å². The van der Waals surface area contributed by atoms with Crippen molar-refractivity contribution in [2.24, 2.45) is 4.36 Å². The molecule has 0 amide bonds. The zero-order valence-electron chi connectivity index (χ0n) is 14.2. The lowest BCUT2D eigenvalue weighted by atomic mass is 10.2. The van der Waals surface area contributed by atoms with Crippen molar-refractivity contribution in [1.82, 2.24) is 24.5 Å². The smallest absolute Gasteiger partial charge is 0.329 e. The second kappa shape index (κ2) is 6.41. The minimum absolute atomic E-state index is 0.213. The van der Waals surface area contributed by atoms with Crippen LogP contribution in [0.1, 0.15) is 5.89 Å². The summed E-state index contributed by atoms with van der Waals surface area (Å²) in [5.74, 6) is -1.43. The van der Waals surface area contributed by atoms with Crippen molar-refractivity contribution < 1.29 is 21.9 Å². The lowest BCUT2D eigenvalue weighted by molar-refractivity contribution is -0.159. The molecule has 0 N–H and O–H groups in total. The van der Waals surface area contributed by atoms with Gasteiger partial charge in [0.15, 0.2) is 5.82 Å². The maximum atomic E-state index is 12.8. The summed E-state index contributed by atoms with van der Waals surface area (Å²) in [7, 11) is -2.74. The number of aromatic nitrogens is 5. The molecule has 144 valence electrons. The molecule has 0 aliphatic heterocycles.